The second-order valence-corrected chi connectivity index (χ2v) is 7.63. The summed E-state index contributed by atoms with van der Waals surface area (Å²) in [5.41, 5.74) is 3.36. The first-order chi connectivity index (χ1) is 13.1. The molecule has 6 nitrogen and oxygen atoms in total. The molecule has 0 radical (unpaired) electrons. The van der Waals surface area contributed by atoms with E-state index in [4.69, 9.17) is 4.74 Å². The van der Waals surface area contributed by atoms with Gasteiger partial charge in [-0.15, -0.1) is 0 Å². The fraction of sp³-hybridized carbons (Fsp3) is 0.300. The number of aromatic amines is 2. The number of rotatable bonds is 4. The van der Waals surface area contributed by atoms with Crippen LogP contribution in [-0.2, 0) is 4.74 Å². The Kier molecular flexibility index (Phi) is 5.05. The molecule has 1 aliphatic rings. The van der Waals surface area contributed by atoms with Crippen LogP contribution in [0.2, 0.25) is 0 Å². The van der Waals surface area contributed by atoms with Crippen LogP contribution >= 0.6 is 11.9 Å². The highest BCUT2D eigenvalue weighted by Gasteiger charge is 2.15. The van der Waals surface area contributed by atoms with Gasteiger partial charge in [-0.25, -0.2) is 0 Å². The monoisotopic (exact) mass is 383 g/mol. The molecule has 4 rings (SSSR count). The highest BCUT2D eigenvalue weighted by Crippen LogP contribution is 2.30. The summed E-state index contributed by atoms with van der Waals surface area (Å²) in [5.74, 6) is 0.585. The Bertz CT molecular complexity index is 1070. The SMILES string of the molecule is Cc1cc2[nH]c(=O)c(=O)[nH]c2cc1SNc1ccc(C2CCOCC2)cc1. The summed E-state index contributed by atoms with van der Waals surface area (Å²) < 4.78 is 8.78. The van der Waals surface area contributed by atoms with Crippen LogP contribution in [0.15, 0.2) is 50.9 Å². The van der Waals surface area contributed by atoms with Gasteiger partial charge in [0.25, 0.3) is 0 Å². The fourth-order valence-electron chi connectivity index (χ4n) is 3.33. The molecule has 1 saturated heterocycles. The number of aryl methyl sites for hydroxylation is 1. The van der Waals surface area contributed by atoms with E-state index >= 15 is 0 Å². The van der Waals surface area contributed by atoms with Gasteiger partial charge in [0.1, 0.15) is 0 Å². The molecule has 0 saturated carbocycles. The molecule has 7 heteroatoms. The van der Waals surface area contributed by atoms with Gasteiger partial charge in [0.15, 0.2) is 0 Å². The molecule has 2 aromatic carbocycles. The number of fused-ring (bicyclic) bond motifs is 1. The smallest absolute Gasteiger partial charge is 0.314 e. The summed E-state index contributed by atoms with van der Waals surface area (Å²) in [7, 11) is 0. The van der Waals surface area contributed by atoms with Gasteiger partial charge in [-0.1, -0.05) is 12.1 Å². The first kappa shape index (κ1) is 17.9. The van der Waals surface area contributed by atoms with Crippen molar-refractivity contribution in [3.8, 4) is 0 Å². The summed E-state index contributed by atoms with van der Waals surface area (Å²) >= 11 is 1.48. The summed E-state index contributed by atoms with van der Waals surface area (Å²) in [6.07, 6.45) is 2.16. The summed E-state index contributed by atoms with van der Waals surface area (Å²) in [6, 6.07) is 12.3. The minimum Gasteiger partial charge on any atom is -0.381 e. The Hall–Kier alpha value is -2.51. The van der Waals surface area contributed by atoms with Crippen LogP contribution in [0, 0.1) is 6.92 Å². The van der Waals surface area contributed by atoms with Crippen molar-refractivity contribution in [3.05, 3.63) is 68.2 Å². The Morgan fingerprint density at radius 1 is 1.00 bits per heavy atom. The zero-order chi connectivity index (χ0) is 18.8. The van der Waals surface area contributed by atoms with Crippen molar-refractivity contribution in [2.45, 2.75) is 30.6 Å². The summed E-state index contributed by atoms with van der Waals surface area (Å²) in [4.78, 5) is 29.2. The minimum absolute atomic E-state index is 0.585. The molecule has 0 aliphatic carbocycles. The second-order valence-electron chi connectivity index (χ2n) is 6.78. The molecule has 27 heavy (non-hydrogen) atoms. The molecule has 1 aromatic heterocycles. The molecule has 0 unspecified atom stereocenters. The molecule has 1 aliphatic heterocycles. The molecule has 2 heterocycles. The van der Waals surface area contributed by atoms with Crippen LogP contribution in [0.25, 0.3) is 11.0 Å². The van der Waals surface area contributed by atoms with Crippen LogP contribution < -0.4 is 15.8 Å². The molecule has 0 amide bonds. The van der Waals surface area contributed by atoms with E-state index in [1.54, 1.807) is 0 Å². The zero-order valence-electron chi connectivity index (χ0n) is 15.0. The predicted molar refractivity (Wildman–Crippen MR) is 109 cm³/mol. The number of nitrogens with one attached hydrogen (secondary N) is 3. The molecule has 0 bridgehead atoms. The maximum absolute atomic E-state index is 11.5. The molecular formula is C20H21N3O3S. The lowest BCUT2D eigenvalue weighted by Gasteiger charge is -2.22. The van der Waals surface area contributed by atoms with E-state index in [2.05, 4.69) is 39.0 Å². The minimum atomic E-state index is -0.640. The van der Waals surface area contributed by atoms with E-state index < -0.39 is 11.1 Å². The van der Waals surface area contributed by atoms with Crippen molar-refractivity contribution in [3.63, 3.8) is 0 Å². The number of aromatic nitrogens is 2. The van der Waals surface area contributed by atoms with Crippen molar-refractivity contribution in [2.24, 2.45) is 0 Å². The predicted octanol–water partition coefficient (Wildman–Crippen LogP) is 3.54. The Balaban J connectivity index is 1.49. The second kappa shape index (κ2) is 7.62. The van der Waals surface area contributed by atoms with Gasteiger partial charge in [0.05, 0.1) is 11.0 Å². The Labute approximate surface area is 160 Å². The van der Waals surface area contributed by atoms with Crippen molar-refractivity contribution in [1.29, 1.82) is 0 Å². The number of ether oxygens (including phenoxy) is 1. The third-order valence-electron chi connectivity index (χ3n) is 4.90. The van der Waals surface area contributed by atoms with Crippen molar-refractivity contribution >= 4 is 28.7 Å². The van der Waals surface area contributed by atoms with Crippen LogP contribution in [0.4, 0.5) is 5.69 Å². The Morgan fingerprint density at radius 3 is 2.30 bits per heavy atom. The van der Waals surface area contributed by atoms with Gasteiger partial charge in [0.2, 0.25) is 0 Å². The molecule has 3 aromatic rings. The molecular weight excluding hydrogens is 362 g/mol. The molecule has 1 fully saturated rings. The fourth-order valence-corrected chi connectivity index (χ4v) is 4.09. The van der Waals surface area contributed by atoms with E-state index in [1.165, 1.54) is 17.5 Å². The first-order valence-electron chi connectivity index (χ1n) is 8.98. The maximum Gasteiger partial charge on any atom is 0.314 e. The van der Waals surface area contributed by atoms with Gasteiger partial charge in [-0.3, -0.25) is 9.59 Å². The quantitative estimate of drug-likeness (QED) is 0.474. The molecule has 140 valence electrons. The number of hydrogen-bond donors (Lipinski definition) is 3. The number of hydrogen-bond acceptors (Lipinski definition) is 5. The normalized spacial score (nSPS) is 15.1. The largest absolute Gasteiger partial charge is 0.381 e. The van der Waals surface area contributed by atoms with Gasteiger partial charge < -0.3 is 19.4 Å². The van der Waals surface area contributed by atoms with Crippen LogP contribution in [0.3, 0.4) is 0 Å². The van der Waals surface area contributed by atoms with Crippen LogP contribution in [0.5, 0.6) is 0 Å². The van der Waals surface area contributed by atoms with Gasteiger partial charge in [-0.05, 0) is 73.0 Å². The third kappa shape index (κ3) is 3.94. The number of benzene rings is 2. The number of H-pyrrole nitrogens is 2. The lowest BCUT2D eigenvalue weighted by Crippen LogP contribution is -2.28. The lowest BCUT2D eigenvalue weighted by atomic mass is 9.92. The highest BCUT2D eigenvalue weighted by molar-refractivity contribution is 8.00. The van der Waals surface area contributed by atoms with Crippen molar-refractivity contribution < 1.29 is 4.74 Å². The van der Waals surface area contributed by atoms with Crippen LogP contribution in [0.1, 0.15) is 29.9 Å². The van der Waals surface area contributed by atoms with E-state index in [9.17, 15) is 9.59 Å². The van der Waals surface area contributed by atoms with Crippen molar-refractivity contribution in [2.75, 3.05) is 17.9 Å². The average Bonchev–Trinajstić information content (AvgIpc) is 2.69. The third-order valence-corrected chi connectivity index (χ3v) is 5.90. The number of anilines is 1. The van der Waals surface area contributed by atoms with E-state index in [-0.39, 0.29) is 0 Å². The van der Waals surface area contributed by atoms with E-state index in [0.29, 0.717) is 17.0 Å². The van der Waals surface area contributed by atoms with Gasteiger partial charge in [0, 0.05) is 23.8 Å². The van der Waals surface area contributed by atoms with Gasteiger partial charge >= 0.3 is 11.1 Å². The topological polar surface area (TPSA) is 87.0 Å². The standard InChI is InChI=1S/C20H21N3O3S/c1-12-10-16-17(22-20(25)19(24)21-16)11-18(12)27-23-15-4-2-13(3-5-15)14-6-8-26-9-7-14/h2-5,10-11,14,23H,6-9H2,1H3,(H,21,24)(H,22,25). The summed E-state index contributed by atoms with van der Waals surface area (Å²) in [6.45, 7) is 3.66. The lowest BCUT2D eigenvalue weighted by molar-refractivity contribution is 0.0853. The summed E-state index contributed by atoms with van der Waals surface area (Å²) in [5, 5.41) is 0. The van der Waals surface area contributed by atoms with Crippen molar-refractivity contribution in [1.82, 2.24) is 9.97 Å². The molecule has 0 spiro atoms. The van der Waals surface area contributed by atoms with E-state index in [0.717, 1.165) is 42.2 Å². The zero-order valence-corrected chi connectivity index (χ0v) is 15.8. The Morgan fingerprint density at radius 2 is 1.63 bits per heavy atom. The van der Waals surface area contributed by atoms with E-state index in [1.807, 2.05) is 19.1 Å². The first-order valence-corrected chi connectivity index (χ1v) is 9.79. The highest BCUT2D eigenvalue weighted by atomic mass is 32.2. The van der Waals surface area contributed by atoms with Gasteiger partial charge in [-0.2, -0.15) is 0 Å². The molecule has 0 atom stereocenters. The molecule has 3 N–H and O–H groups in total. The average molecular weight is 383 g/mol. The maximum atomic E-state index is 11.5. The van der Waals surface area contributed by atoms with Crippen LogP contribution in [-0.4, -0.2) is 23.2 Å².